The van der Waals surface area contributed by atoms with E-state index in [1.165, 1.54) is 0 Å². The van der Waals surface area contributed by atoms with E-state index in [0.717, 1.165) is 5.56 Å². The van der Waals surface area contributed by atoms with Crippen LogP contribution in [0.25, 0.3) is 0 Å². The minimum atomic E-state index is -1.24. The van der Waals surface area contributed by atoms with E-state index in [4.69, 9.17) is 22.1 Å². The molecule has 0 aliphatic heterocycles. The lowest BCUT2D eigenvalue weighted by Gasteiger charge is -2.06. The maximum atomic E-state index is 12.0. The van der Waals surface area contributed by atoms with Crippen molar-refractivity contribution in [1.29, 1.82) is 0 Å². The van der Waals surface area contributed by atoms with Gasteiger partial charge in [-0.25, -0.2) is 0 Å². The molecule has 0 bridgehead atoms. The molecule has 0 aliphatic carbocycles. The Kier molecular flexibility index (Phi) is 4.96. The zero-order chi connectivity index (χ0) is 13.7. The average molecular weight is 296 g/mol. The Labute approximate surface area is 119 Å². The Morgan fingerprint density at radius 3 is 2.58 bits per heavy atom. The van der Waals surface area contributed by atoms with E-state index < -0.39 is 10.8 Å². The van der Waals surface area contributed by atoms with Crippen LogP contribution in [0.5, 0.6) is 0 Å². The third-order valence-corrected chi connectivity index (χ3v) is 4.02. The first kappa shape index (κ1) is 14.1. The zero-order valence-corrected chi connectivity index (χ0v) is 11.8. The Bertz CT molecular complexity index is 575. The third kappa shape index (κ3) is 4.06. The molecule has 0 spiro atoms. The normalized spacial score (nSPS) is 12.3. The molecule has 19 heavy (non-hydrogen) atoms. The van der Waals surface area contributed by atoms with Crippen molar-refractivity contribution in [3.05, 3.63) is 59.1 Å². The second kappa shape index (κ2) is 6.70. The molecule has 2 N–H and O–H groups in total. The molecular weight excluding hydrogens is 282 g/mol. The summed E-state index contributed by atoms with van der Waals surface area (Å²) in [6.07, 6.45) is 0. The largest absolute Gasteiger partial charge is 0.398 e. The summed E-state index contributed by atoms with van der Waals surface area (Å²) in [6, 6.07) is 14.7. The van der Waals surface area contributed by atoms with Gasteiger partial charge in [-0.1, -0.05) is 41.9 Å². The molecule has 0 saturated heterocycles. The monoisotopic (exact) mass is 295 g/mol. The molecule has 0 amide bonds. The average Bonchev–Trinajstić information content (AvgIpc) is 2.43. The molecule has 0 aliphatic rings. The van der Waals surface area contributed by atoms with E-state index in [0.29, 0.717) is 22.2 Å². The van der Waals surface area contributed by atoms with Crippen molar-refractivity contribution in [2.75, 3.05) is 11.7 Å². The van der Waals surface area contributed by atoms with Crippen LogP contribution in [0.2, 0.25) is 5.02 Å². The van der Waals surface area contributed by atoms with Gasteiger partial charge in [-0.15, -0.1) is 0 Å². The van der Waals surface area contributed by atoms with E-state index >= 15 is 0 Å². The number of anilines is 1. The van der Waals surface area contributed by atoms with Crippen molar-refractivity contribution in [3.63, 3.8) is 0 Å². The van der Waals surface area contributed by atoms with Crippen molar-refractivity contribution in [2.45, 2.75) is 11.5 Å². The van der Waals surface area contributed by atoms with Crippen LogP contribution >= 0.6 is 11.6 Å². The summed E-state index contributed by atoms with van der Waals surface area (Å²) >= 11 is 5.89. The van der Waals surface area contributed by atoms with Crippen molar-refractivity contribution < 1.29 is 8.95 Å². The highest BCUT2D eigenvalue weighted by Crippen LogP contribution is 2.21. The summed E-state index contributed by atoms with van der Waals surface area (Å²) in [4.78, 5) is 0.618. The first-order valence-electron chi connectivity index (χ1n) is 5.72. The van der Waals surface area contributed by atoms with Crippen LogP contribution in [-0.2, 0) is 22.1 Å². The number of nitrogens with two attached hydrogens (primary N) is 1. The molecule has 0 fully saturated rings. The Balaban J connectivity index is 1.89. The van der Waals surface area contributed by atoms with Gasteiger partial charge in [0, 0.05) is 4.90 Å². The van der Waals surface area contributed by atoms with Gasteiger partial charge < -0.3 is 10.5 Å². The summed E-state index contributed by atoms with van der Waals surface area (Å²) < 4.78 is 17.4. The molecule has 0 radical (unpaired) electrons. The minimum absolute atomic E-state index is 0.134. The van der Waals surface area contributed by atoms with Gasteiger partial charge in [0.05, 0.1) is 28.1 Å². The fourth-order valence-electron chi connectivity index (χ4n) is 1.53. The highest BCUT2D eigenvalue weighted by molar-refractivity contribution is 7.84. The molecule has 5 heteroatoms. The molecule has 0 aromatic heterocycles. The van der Waals surface area contributed by atoms with Gasteiger partial charge in [-0.05, 0) is 23.8 Å². The highest BCUT2D eigenvalue weighted by Gasteiger charge is 2.06. The Hall–Kier alpha value is -1.36. The molecule has 1 unspecified atom stereocenters. The first-order chi connectivity index (χ1) is 9.16. The van der Waals surface area contributed by atoms with Gasteiger partial charge >= 0.3 is 0 Å². The van der Waals surface area contributed by atoms with E-state index in [1.54, 1.807) is 18.2 Å². The highest BCUT2D eigenvalue weighted by atomic mass is 35.5. The number of halogens is 1. The molecular formula is C14H14ClNO2S. The van der Waals surface area contributed by atoms with Crippen LogP contribution in [0.3, 0.4) is 0 Å². The van der Waals surface area contributed by atoms with Crippen LogP contribution < -0.4 is 5.73 Å². The number of rotatable bonds is 5. The van der Waals surface area contributed by atoms with Gasteiger partial charge in [-0.3, -0.25) is 4.21 Å². The molecule has 3 nitrogen and oxygen atoms in total. The molecule has 2 aromatic rings. The van der Waals surface area contributed by atoms with Crippen LogP contribution in [-0.4, -0.2) is 10.1 Å². The summed E-state index contributed by atoms with van der Waals surface area (Å²) in [5.74, 6) is 0.134. The number of nitrogen functional groups attached to an aromatic ring is 1. The summed E-state index contributed by atoms with van der Waals surface area (Å²) in [6.45, 7) is 0.440. The Morgan fingerprint density at radius 2 is 1.89 bits per heavy atom. The van der Waals surface area contributed by atoms with E-state index in [2.05, 4.69) is 0 Å². The lowest BCUT2D eigenvalue weighted by atomic mass is 10.2. The molecule has 100 valence electrons. The zero-order valence-electron chi connectivity index (χ0n) is 10.2. The minimum Gasteiger partial charge on any atom is -0.398 e. The topological polar surface area (TPSA) is 52.3 Å². The predicted molar refractivity (Wildman–Crippen MR) is 78.4 cm³/mol. The maximum Gasteiger partial charge on any atom is 0.127 e. The third-order valence-electron chi connectivity index (χ3n) is 2.54. The molecule has 1 atom stereocenters. The van der Waals surface area contributed by atoms with Crippen LogP contribution in [0, 0.1) is 0 Å². The lowest BCUT2D eigenvalue weighted by Crippen LogP contribution is -2.03. The summed E-state index contributed by atoms with van der Waals surface area (Å²) in [7, 11) is -1.24. The van der Waals surface area contributed by atoms with E-state index in [-0.39, 0.29) is 5.94 Å². The van der Waals surface area contributed by atoms with Gasteiger partial charge in [-0.2, -0.15) is 0 Å². The number of hydrogen-bond acceptors (Lipinski definition) is 3. The molecule has 2 aromatic carbocycles. The van der Waals surface area contributed by atoms with Crippen LogP contribution in [0.1, 0.15) is 5.56 Å². The van der Waals surface area contributed by atoms with Crippen LogP contribution in [0.15, 0.2) is 53.4 Å². The van der Waals surface area contributed by atoms with E-state index in [1.807, 2.05) is 30.3 Å². The maximum absolute atomic E-state index is 12.0. The smallest absolute Gasteiger partial charge is 0.127 e. The molecule has 0 heterocycles. The number of benzene rings is 2. The quantitative estimate of drug-likeness (QED) is 0.862. The van der Waals surface area contributed by atoms with Crippen LogP contribution in [0.4, 0.5) is 5.69 Å². The van der Waals surface area contributed by atoms with Crippen molar-refractivity contribution in [2.24, 2.45) is 0 Å². The summed E-state index contributed by atoms with van der Waals surface area (Å²) in [5.41, 5.74) is 7.13. The second-order valence-corrected chi connectivity index (χ2v) is 5.79. The SMILES string of the molecule is Nc1ccc(S(=O)COCc2ccccc2)cc1Cl. The number of hydrogen-bond donors (Lipinski definition) is 1. The number of ether oxygens (including phenoxy) is 1. The second-order valence-electron chi connectivity index (χ2n) is 3.98. The molecule has 2 rings (SSSR count). The molecule has 0 saturated carbocycles. The van der Waals surface area contributed by atoms with Gasteiger partial charge in [0.1, 0.15) is 5.94 Å². The predicted octanol–water partition coefficient (Wildman–Crippen LogP) is 3.20. The van der Waals surface area contributed by atoms with Crippen molar-refractivity contribution in [1.82, 2.24) is 0 Å². The fourth-order valence-corrected chi connectivity index (χ4v) is 2.61. The first-order valence-corrected chi connectivity index (χ1v) is 7.41. The van der Waals surface area contributed by atoms with Gasteiger partial charge in [0.15, 0.2) is 0 Å². The van der Waals surface area contributed by atoms with Gasteiger partial charge in [0.25, 0.3) is 0 Å². The standard InChI is InChI=1S/C14H14ClNO2S/c15-13-8-12(6-7-14(13)16)19(17)10-18-9-11-4-2-1-3-5-11/h1-8H,9-10,16H2. The van der Waals surface area contributed by atoms with Crippen molar-refractivity contribution >= 4 is 28.1 Å². The summed E-state index contributed by atoms with van der Waals surface area (Å²) in [5, 5.41) is 0.411. The van der Waals surface area contributed by atoms with Crippen molar-refractivity contribution in [3.8, 4) is 0 Å². The lowest BCUT2D eigenvalue weighted by molar-refractivity contribution is 0.166. The fraction of sp³-hybridized carbons (Fsp3) is 0.143. The van der Waals surface area contributed by atoms with E-state index in [9.17, 15) is 4.21 Å². The van der Waals surface area contributed by atoms with Gasteiger partial charge in [0.2, 0.25) is 0 Å². The Morgan fingerprint density at radius 1 is 1.16 bits per heavy atom.